The van der Waals surface area contributed by atoms with Gasteiger partial charge >= 0.3 is 6.03 Å². The molecule has 0 aliphatic heterocycles. The average Bonchev–Trinajstić information content (AvgIpc) is 3.20. The second-order valence-electron chi connectivity index (χ2n) is 7.19. The Hall–Kier alpha value is -3.08. The van der Waals surface area contributed by atoms with Crippen LogP contribution in [0.2, 0.25) is 0 Å². The van der Waals surface area contributed by atoms with Gasteiger partial charge in [0, 0.05) is 19.3 Å². The topological polar surface area (TPSA) is 61.0 Å². The lowest BCUT2D eigenvalue weighted by atomic mass is 10.0. The Morgan fingerprint density at radius 1 is 1.07 bits per heavy atom. The van der Waals surface area contributed by atoms with E-state index in [2.05, 4.69) is 47.6 Å². The Morgan fingerprint density at radius 3 is 2.61 bits per heavy atom. The van der Waals surface area contributed by atoms with Crippen LogP contribution in [0.3, 0.4) is 0 Å². The van der Waals surface area contributed by atoms with Crippen molar-refractivity contribution in [1.82, 2.24) is 20.4 Å². The molecule has 2 aromatic carbocycles. The number of aromatic nitrogens is 2. The highest BCUT2D eigenvalue weighted by Crippen LogP contribution is 2.13. The second-order valence-corrected chi connectivity index (χ2v) is 7.19. The minimum Gasteiger partial charge on any atom is -0.338 e. The number of benzene rings is 2. The van der Waals surface area contributed by atoms with Crippen LogP contribution in [0.25, 0.3) is 0 Å². The molecule has 1 heterocycles. The Kier molecular flexibility index (Phi) is 6.84. The van der Waals surface area contributed by atoms with Crippen molar-refractivity contribution in [3.05, 3.63) is 88.7 Å². The first-order valence-electron chi connectivity index (χ1n) is 9.73. The van der Waals surface area contributed by atoms with Crippen LogP contribution in [0.1, 0.15) is 34.4 Å². The van der Waals surface area contributed by atoms with E-state index in [1.807, 2.05) is 36.4 Å². The number of H-pyrrole nitrogens is 1. The number of aromatic amines is 1. The summed E-state index contributed by atoms with van der Waals surface area (Å²) in [6.45, 7) is 5.96. The predicted molar refractivity (Wildman–Crippen MR) is 112 cm³/mol. The van der Waals surface area contributed by atoms with Gasteiger partial charge in [0.1, 0.15) is 0 Å². The molecule has 0 atom stereocenters. The smallest absolute Gasteiger partial charge is 0.318 e. The number of urea groups is 1. The fourth-order valence-electron chi connectivity index (χ4n) is 3.29. The highest BCUT2D eigenvalue weighted by Gasteiger charge is 2.15. The van der Waals surface area contributed by atoms with Crippen molar-refractivity contribution >= 4 is 6.03 Å². The normalized spacial score (nSPS) is 10.6. The Labute approximate surface area is 166 Å². The Bertz CT molecular complexity index is 875. The van der Waals surface area contributed by atoms with Crippen molar-refractivity contribution in [3.63, 3.8) is 0 Å². The van der Waals surface area contributed by atoms with E-state index in [1.54, 1.807) is 11.1 Å². The molecular formula is C23H28N4O. The van der Waals surface area contributed by atoms with Crippen molar-refractivity contribution in [2.24, 2.45) is 0 Å². The number of hydrogen-bond donors (Lipinski definition) is 2. The molecule has 0 radical (unpaired) electrons. The molecule has 0 saturated heterocycles. The standard InChI is InChI=1S/C23H28N4O/c1-18-10-11-21(19(2)15-18)9-6-13-24-23(28)27(17-22-12-14-25-26-22)16-20-7-4-3-5-8-20/h3-5,7-8,10-12,14-15H,6,9,13,16-17H2,1-2H3,(H,24,28)(H,25,26). The zero-order valence-corrected chi connectivity index (χ0v) is 16.6. The van der Waals surface area contributed by atoms with Crippen LogP contribution in [0.5, 0.6) is 0 Å². The summed E-state index contributed by atoms with van der Waals surface area (Å²) < 4.78 is 0. The fourth-order valence-corrected chi connectivity index (χ4v) is 3.29. The molecule has 0 aliphatic carbocycles. The van der Waals surface area contributed by atoms with Gasteiger partial charge in [-0.05, 0) is 49.4 Å². The van der Waals surface area contributed by atoms with E-state index >= 15 is 0 Å². The number of rotatable bonds is 8. The fraction of sp³-hybridized carbons (Fsp3) is 0.304. The van der Waals surface area contributed by atoms with Gasteiger partial charge in [0.05, 0.1) is 12.2 Å². The van der Waals surface area contributed by atoms with E-state index in [4.69, 9.17) is 0 Å². The zero-order chi connectivity index (χ0) is 19.8. The Balaban J connectivity index is 1.54. The average molecular weight is 377 g/mol. The third-order valence-electron chi connectivity index (χ3n) is 4.82. The Morgan fingerprint density at radius 2 is 1.89 bits per heavy atom. The summed E-state index contributed by atoms with van der Waals surface area (Å²) in [6, 6.07) is 18.4. The van der Waals surface area contributed by atoms with Gasteiger partial charge in [0.25, 0.3) is 0 Å². The van der Waals surface area contributed by atoms with Gasteiger partial charge < -0.3 is 10.2 Å². The quantitative estimate of drug-likeness (QED) is 0.574. The zero-order valence-electron chi connectivity index (χ0n) is 16.6. The number of nitrogens with zero attached hydrogens (tertiary/aromatic N) is 2. The molecule has 0 unspecified atom stereocenters. The summed E-state index contributed by atoms with van der Waals surface area (Å²) in [5.74, 6) is 0. The summed E-state index contributed by atoms with van der Waals surface area (Å²) in [5, 5.41) is 9.99. The van der Waals surface area contributed by atoms with E-state index in [-0.39, 0.29) is 6.03 Å². The molecule has 0 saturated carbocycles. The number of carbonyl (C=O) groups is 1. The summed E-state index contributed by atoms with van der Waals surface area (Å²) in [6.07, 6.45) is 3.59. The second kappa shape index (κ2) is 9.74. The van der Waals surface area contributed by atoms with Crippen LogP contribution >= 0.6 is 0 Å². The van der Waals surface area contributed by atoms with Gasteiger partial charge in [-0.1, -0.05) is 54.1 Å². The minimum absolute atomic E-state index is 0.0564. The largest absolute Gasteiger partial charge is 0.338 e. The summed E-state index contributed by atoms with van der Waals surface area (Å²) in [7, 11) is 0. The van der Waals surface area contributed by atoms with Gasteiger partial charge in [-0.3, -0.25) is 5.10 Å². The van der Waals surface area contributed by atoms with Crippen LogP contribution in [-0.4, -0.2) is 27.7 Å². The lowest BCUT2D eigenvalue weighted by Gasteiger charge is -2.23. The van der Waals surface area contributed by atoms with E-state index in [9.17, 15) is 4.79 Å². The maximum absolute atomic E-state index is 12.8. The van der Waals surface area contributed by atoms with Crippen molar-refractivity contribution in [2.75, 3.05) is 6.54 Å². The highest BCUT2D eigenvalue weighted by atomic mass is 16.2. The van der Waals surface area contributed by atoms with Crippen LogP contribution in [0, 0.1) is 13.8 Å². The summed E-state index contributed by atoms with van der Waals surface area (Å²) in [4.78, 5) is 14.6. The van der Waals surface area contributed by atoms with Crippen LogP contribution in [0.4, 0.5) is 4.79 Å². The molecule has 3 aromatic rings. The maximum Gasteiger partial charge on any atom is 0.318 e. The molecule has 3 rings (SSSR count). The minimum atomic E-state index is -0.0564. The lowest BCUT2D eigenvalue weighted by molar-refractivity contribution is 0.191. The van der Waals surface area contributed by atoms with E-state index in [1.165, 1.54) is 16.7 Å². The molecule has 146 valence electrons. The van der Waals surface area contributed by atoms with E-state index in [0.717, 1.165) is 24.1 Å². The van der Waals surface area contributed by atoms with Gasteiger partial charge in [0.2, 0.25) is 0 Å². The van der Waals surface area contributed by atoms with E-state index in [0.29, 0.717) is 19.6 Å². The maximum atomic E-state index is 12.8. The van der Waals surface area contributed by atoms with Crippen molar-refractivity contribution in [2.45, 2.75) is 39.8 Å². The number of amides is 2. The van der Waals surface area contributed by atoms with Crippen LogP contribution in [0.15, 0.2) is 60.8 Å². The molecule has 5 nitrogen and oxygen atoms in total. The van der Waals surface area contributed by atoms with E-state index < -0.39 is 0 Å². The summed E-state index contributed by atoms with van der Waals surface area (Å²) in [5.41, 5.74) is 5.97. The van der Waals surface area contributed by atoms with Crippen LogP contribution in [-0.2, 0) is 19.5 Å². The first-order valence-corrected chi connectivity index (χ1v) is 9.73. The number of nitrogens with one attached hydrogen (secondary N) is 2. The highest BCUT2D eigenvalue weighted by molar-refractivity contribution is 5.74. The van der Waals surface area contributed by atoms with Gasteiger partial charge in [-0.15, -0.1) is 0 Å². The third-order valence-corrected chi connectivity index (χ3v) is 4.82. The monoisotopic (exact) mass is 376 g/mol. The molecule has 28 heavy (non-hydrogen) atoms. The number of carbonyl (C=O) groups excluding carboxylic acids is 1. The molecule has 2 N–H and O–H groups in total. The van der Waals surface area contributed by atoms with Gasteiger partial charge in [-0.2, -0.15) is 5.10 Å². The third kappa shape index (κ3) is 5.71. The first kappa shape index (κ1) is 19.7. The van der Waals surface area contributed by atoms with Gasteiger partial charge in [-0.25, -0.2) is 4.79 Å². The summed E-state index contributed by atoms with van der Waals surface area (Å²) >= 11 is 0. The SMILES string of the molecule is Cc1ccc(CCCNC(=O)N(Cc2ccccc2)Cc2ccn[nH]2)c(C)c1. The molecule has 0 fully saturated rings. The lowest BCUT2D eigenvalue weighted by Crippen LogP contribution is -2.39. The molecule has 5 heteroatoms. The van der Waals surface area contributed by atoms with Crippen molar-refractivity contribution in [3.8, 4) is 0 Å². The number of hydrogen-bond acceptors (Lipinski definition) is 2. The van der Waals surface area contributed by atoms with Gasteiger partial charge in [0.15, 0.2) is 0 Å². The van der Waals surface area contributed by atoms with Crippen molar-refractivity contribution in [1.29, 1.82) is 0 Å². The molecule has 1 aromatic heterocycles. The first-order chi connectivity index (χ1) is 13.6. The molecule has 0 spiro atoms. The predicted octanol–water partition coefficient (Wildman–Crippen LogP) is 4.37. The number of aryl methyl sites for hydroxylation is 3. The molecule has 0 aliphatic rings. The van der Waals surface area contributed by atoms with Crippen molar-refractivity contribution < 1.29 is 4.79 Å². The molecule has 0 bridgehead atoms. The van der Waals surface area contributed by atoms with Crippen LogP contribution < -0.4 is 5.32 Å². The molecule has 2 amide bonds. The molecular weight excluding hydrogens is 348 g/mol.